The fraction of sp³-hybridized carbons (Fsp3) is 0.154. The molecule has 0 aliphatic heterocycles. The molecule has 0 bridgehead atoms. The fourth-order valence-corrected chi connectivity index (χ4v) is 2.64. The van der Waals surface area contributed by atoms with Crippen molar-refractivity contribution in [1.29, 1.82) is 0 Å². The maximum atomic E-state index is 12.1. The molecule has 1 aromatic carbocycles. The molecule has 3 nitrogen and oxygen atoms in total. The predicted octanol–water partition coefficient (Wildman–Crippen LogP) is 4.41. The second-order valence-corrected chi connectivity index (χ2v) is 5.50. The van der Waals surface area contributed by atoms with Gasteiger partial charge in [0.05, 0.1) is 11.3 Å². The molecule has 5 heteroatoms. The molecule has 0 spiro atoms. The summed E-state index contributed by atoms with van der Waals surface area (Å²) in [6.07, 6.45) is 0. The summed E-state index contributed by atoms with van der Waals surface area (Å²) in [5.74, 6) is 1.17. The first-order valence-electron chi connectivity index (χ1n) is 5.31. The summed E-state index contributed by atoms with van der Waals surface area (Å²) in [5, 5.41) is 3.49. The average Bonchev–Trinajstić information content (AvgIpc) is 2.62. The van der Waals surface area contributed by atoms with Crippen molar-refractivity contribution in [2.45, 2.75) is 13.8 Å². The quantitative estimate of drug-likeness (QED) is 0.790. The van der Waals surface area contributed by atoms with Gasteiger partial charge in [0.1, 0.15) is 11.5 Å². The molecule has 0 aliphatic rings. The molecule has 0 unspecified atom stereocenters. The van der Waals surface area contributed by atoms with Crippen molar-refractivity contribution < 1.29 is 9.21 Å². The van der Waals surface area contributed by atoms with E-state index in [1.165, 1.54) is 0 Å². The van der Waals surface area contributed by atoms with Crippen LogP contribution in [-0.4, -0.2) is 5.91 Å². The number of halogens is 2. The van der Waals surface area contributed by atoms with Gasteiger partial charge in [0.25, 0.3) is 5.91 Å². The SMILES string of the molecule is Cc1cc(C(=O)Nc2ccc(Cl)cc2I)c(C)o1. The Balaban J connectivity index is 2.24. The van der Waals surface area contributed by atoms with E-state index in [0.717, 1.165) is 15.0 Å². The van der Waals surface area contributed by atoms with Crippen LogP contribution in [0.3, 0.4) is 0 Å². The van der Waals surface area contributed by atoms with Gasteiger partial charge in [-0.05, 0) is 60.7 Å². The van der Waals surface area contributed by atoms with Crippen molar-refractivity contribution in [3.63, 3.8) is 0 Å². The highest BCUT2D eigenvalue weighted by Gasteiger charge is 2.14. The summed E-state index contributed by atoms with van der Waals surface area (Å²) in [6.45, 7) is 3.59. The number of amides is 1. The van der Waals surface area contributed by atoms with Crippen LogP contribution in [0.1, 0.15) is 21.9 Å². The predicted molar refractivity (Wildman–Crippen MR) is 80.3 cm³/mol. The van der Waals surface area contributed by atoms with Gasteiger partial charge in [0, 0.05) is 8.59 Å². The van der Waals surface area contributed by atoms with E-state index >= 15 is 0 Å². The second-order valence-electron chi connectivity index (χ2n) is 3.91. The van der Waals surface area contributed by atoms with E-state index < -0.39 is 0 Å². The van der Waals surface area contributed by atoms with Crippen LogP contribution in [0.5, 0.6) is 0 Å². The molecule has 0 aliphatic carbocycles. The average molecular weight is 376 g/mol. The van der Waals surface area contributed by atoms with E-state index in [1.54, 1.807) is 31.2 Å². The summed E-state index contributed by atoms with van der Waals surface area (Å²) in [4.78, 5) is 12.1. The molecule has 0 atom stereocenters. The van der Waals surface area contributed by atoms with Gasteiger partial charge in [0.2, 0.25) is 0 Å². The summed E-state index contributed by atoms with van der Waals surface area (Å²) in [5.41, 5.74) is 1.29. The number of carbonyl (C=O) groups excluding carboxylic acids is 1. The van der Waals surface area contributed by atoms with E-state index in [4.69, 9.17) is 16.0 Å². The van der Waals surface area contributed by atoms with Gasteiger partial charge in [-0.1, -0.05) is 11.6 Å². The Bertz CT molecular complexity index is 607. The Morgan fingerprint density at radius 1 is 1.33 bits per heavy atom. The molecule has 1 heterocycles. The van der Waals surface area contributed by atoms with Crippen LogP contribution < -0.4 is 5.32 Å². The third-order valence-electron chi connectivity index (χ3n) is 2.46. The molecule has 18 heavy (non-hydrogen) atoms. The number of hydrogen-bond acceptors (Lipinski definition) is 2. The van der Waals surface area contributed by atoms with Crippen LogP contribution in [0.4, 0.5) is 5.69 Å². The van der Waals surface area contributed by atoms with E-state index in [2.05, 4.69) is 27.9 Å². The van der Waals surface area contributed by atoms with Crippen LogP contribution in [0.25, 0.3) is 0 Å². The number of aryl methyl sites for hydroxylation is 2. The van der Waals surface area contributed by atoms with Crippen LogP contribution in [0.15, 0.2) is 28.7 Å². The number of nitrogens with one attached hydrogen (secondary N) is 1. The minimum Gasteiger partial charge on any atom is -0.466 e. The highest BCUT2D eigenvalue weighted by molar-refractivity contribution is 14.1. The molecular formula is C13H11ClINO2. The molecule has 0 fully saturated rings. The first kappa shape index (κ1) is 13.4. The van der Waals surface area contributed by atoms with Crippen molar-refractivity contribution in [3.05, 3.63) is 49.9 Å². The third-order valence-corrected chi connectivity index (χ3v) is 3.59. The number of carbonyl (C=O) groups is 1. The molecule has 2 rings (SSSR count). The van der Waals surface area contributed by atoms with Crippen LogP contribution >= 0.6 is 34.2 Å². The third kappa shape index (κ3) is 2.87. The topological polar surface area (TPSA) is 42.2 Å². The van der Waals surface area contributed by atoms with Gasteiger partial charge in [-0.15, -0.1) is 0 Å². The van der Waals surface area contributed by atoms with Crippen molar-refractivity contribution >= 4 is 45.8 Å². The van der Waals surface area contributed by atoms with E-state index in [1.807, 2.05) is 6.92 Å². The molecule has 1 aromatic heterocycles. The van der Waals surface area contributed by atoms with Gasteiger partial charge in [0.15, 0.2) is 0 Å². The number of furan rings is 1. The second kappa shape index (κ2) is 5.32. The summed E-state index contributed by atoms with van der Waals surface area (Å²) in [6, 6.07) is 7.05. The van der Waals surface area contributed by atoms with Crippen LogP contribution in [-0.2, 0) is 0 Å². The maximum Gasteiger partial charge on any atom is 0.259 e. The number of hydrogen-bond donors (Lipinski definition) is 1. The van der Waals surface area contributed by atoms with Crippen molar-refractivity contribution in [2.24, 2.45) is 0 Å². The Labute approximate surface area is 124 Å². The lowest BCUT2D eigenvalue weighted by Gasteiger charge is -2.06. The zero-order valence-electron chi connectivity index (χ0n) is 9.88. The minimum atomic E-state index is -0.176. The molecule has 1 N–H and O–H groups in total. The molecular weight excluding hydrogens is 365 g/mol. The summed E-state index contributed by atoms with van der Waals surface area (Å²) < 4.78 is 6.23. The van der Waals surface area contributed by atoms with Crippen LogP contribution in [0, 0.1) is 17.4 Å². The Morgan fingerprint density at radius 2 is 2.06 bits per heavy atom. The van der Waals surface area contributed by atoms with Crippen molar-refractivity contribution in [3.8, 4) is 0 Å². The Kier molecular flexibility index (Phi) is 3.97. The molecule has 2 aromatic rings. The van der Waals surface area contributed by atoms with Gasteiger partial charge >= 0.3 is 0 Å². The monoisotopic (exact) mass is 375 g/mol. The van der Waals surface area contributed by atoms with Crippen molar-refractivity contribution in [2.75, 3.05) is 5.32 Å². The Morgan fingerprint density at radius 3 is 2.61 bits per heavy atom. The smallest absolute Gasteiger partial charge is 0.259 e. The van der Waals surface area contributed by atoms with E-state index in [0.29, 0.717) is 16.3 Å². The highest BCUT2D eigenvalue weighted by Crippen LogP contribution is 2.23. The molecule has 94 valence electrons. The maximum absolute atomic E-state index is 12.1. The van der Waals surface area contributed by atoms with Gasteiger partial charge in [-0.3, -0.25) is 4.79 Å². The van der Waals surface area contributed by atoms with E-state index in [-0.39, 0.29) is 5.91 Å². The van der Waals surface area contributed by atoms with E-state index in [9.17, 15) is 4.79 Å². The lowest BCUT2D eigenvalue weighted by atomic mass is 10.2. The number of anilines is 1. The molecule has 1 amide bonds. The lowest BCUT2D eigenvalue weighted by Crippen LogP contribution is -2.13. The zero-order valence-corrected chi connectivity index (χ0v) is 12.8. The zero-order chi connectivity index (χ0) is 13.3. The van der Waals surface area contributed by atoms with Gasteiger partial charge in [-0.25, -0.2) is 0 Å². The number of benzene rings is 1. The van der Waals surface area contributed by atoms with Gasteiger partial charge in [-0.2, -0.15) is 0 Å². The molecule has 0 radical (unpaired) electrons. The fourth-order valence-electron chi connectivity index (χ4n) is 1.64. The summed E-state index contributed by atoms with van der Waals surface area (Å²) in [7, 11) is 0. The number of rotatable bonds is 2. The summed E-state index contributed by atoms with van der Waals surface area (Å²) >= 11 is 8.00. The first-order valence-corrected chi connectivity index (χ1v) is 6.76. The Hall–Kier alpha value is -1.01. The first-order chi connectivity index (χ1) is 8.47. The highest BCUT2D eigenvalue weighted by atomic mass is 127. The molecule has 0 saturated carbocycles. The minimum absolute atomic E-state index is 0.176. The standard InChI is InChI=1S/C13H11ClINO2/c1-7-5-10(8(2)18-7)13(17)16-12-4-3-9(14)6-11(12)15/h3-6H,1-2H3,(H,16,17). The largest absolute Gasteiger partial charge is 0.466 e. The van der Waals surface area contributed by atoms with Crippen LogP contribution in [0.2, 0.25) is 5.02 Å². The normalized spacial score (nSPS) is 10.4. The molecule has 0 saturated heterocycles. The van der Waals surface area contributed by atoms with Crippen molar-refractivity contribution in [1.82, 2.24) is 0 Å². The lowest BCUT2D eigenvalue weighted by molar-refractivity contribution is 0.102. The van der Waals surface area contributed by atoms with Gasteiger partial charge < -0.3 is 9.73 Å².